The van der Waals surface area contributed by atoms with E-state index in [0.717, 1.165) is 13.6 Å². The van der Waals surface area contributed by atoms with Gasteiger partial charge in [-0.1, -0.05) is 33.2 Å². The van der Waals surface area contributed by atoms with Crippen LogP contribution in [0.5, 0.6) is 17.2 Å². The smallest absolute Gasteiger partial charge is 0.338 e. The summed E-state index contributed by atoms with van der Waals surface area (Å²) < 4.78 is 25.9. The number of terminal acetylenes is 1. The third-order valence-electron chi connectivity index (χ3n) is 5.92. The fraction of sp³-hybridized carbons (Fsp3) is 0.276. The molecule has 0 radical (unpaired) electrons. The molecular weight excluding hydrogens is 711 g/mol. The lowest BCUT2D eigenvalue weighted by atomic mass is 9.95. The summed E-state index contributed by atoms with van der Waals surface area (Å²) in [5.41, 5.74) is 1.79. The predicted octanol–water partition coefficient (Wildman–Crippen LogP) is 4.58. The second kappa shape index (κ2) is 12.6. The second-order valence-electron chi connectivity index (χ2n) is 8.95. The Labute approximate surface area is 257 Å². The molecule has 0 N–H and O–H groups in total. The molecule has 0 fully saturated rings. The van der Waals surface area contributed by atoms with Crippen molar-refractivity contribution in [2.45, 2.75) is 32.9 Å². The summed E-state index contributed by atoms with van der Waals surface area (Å²) >= 11 is 6.89. The number of halogens is 2. The lowest BCUT2D eigenvalue weighted by Crippen LogP contribution is -2.40. The Morgan fingerprint density at radius 2 is 1.98 bits per heavy atom. The number of carbonyl (C=O) groups excluding carboxylic acids is 1. The average molecular weight is 737 g/mol. The molecule has 2 heterocycles. The molecule has 0 unspecified atom stereocenters. The summed E-state index contributed by atoms with van der Waals surface area (Å²) in [6, 6.07) is 8.29. The summed E-state index contributed by atoms with van der Waals surface area (Å²) in [7, 11) is 3.09. The van der Waals surface area contributed by atoms with Gasteiger partial charge in [-0.15, -0.1) is 6.42 Å². The highest BCUT2D eigenvalue weighted by atomic mass is 127. The van der Waals surface area contributed by atoms with Crippen LogP contribution in [0.25, 0.3) is 6.08 Å². The van der Waals surface area contributed by atoms with Crippen LogP contribution in [-0.2, 0) is 9.53 Å². The fourth-order valence-electron chi connectivity index (χ4n) is 4.30. The Morgan fingerprint density at radius 1 is 1.25 bits per heavy atom. The van der Waals surface area contributed by atoms with Crippen LogP contribution in [0.1, 0.15) is 37.9 Å². The molecule has 11 heteroatoms. The van der Waals surface area contributed by atoms with Gasteiger partial charge in [0.05, 0.1) is 39.7 Å². The van der Waals surface area contributed by atoms with Gasteiger partial charge in [-0.2, -0.15) is 0 Å². The molecule has 0 saturated heterocycles. The number of esters is 1. The first-order valence-corrected chi connectivity index (χ1v) is 14.8. The summed E-state index contributed by atoms with van der Waals surface area (Å²) in [5, 5.41) is 0. The highest BCUT2D eigenvalue weighted by Gasteiger charge is 2.35. The number of allylic oxidation sites excluding steroid dienone is 1. The maximum Gasteiger partial charge on any atom is 0.338 e. The maximum atomic E-state index is 14.0. The standard InChI is InChI=1S/C29H26BrIN2O6S/c1-7-10-38-26-20(31)11-17(12-22(26)37-6)13-23-27(34)33-25(19-14-18(30)8-9-21(19)36-5)24(28(35)39-15(2)3)16(4)32-29(33)40-23/h1,8-9,11-15,25H,10H2,2-6H3/b23-13-/t25-/m1/s1. The minimum atomic E-state index is -0.814. The number of carbonyl (C=O) groups is 1. The van der Waals surface area contributed by atoms with Crippen LogP contribution in [-0.4, -0.2) is 37.5 Å². The number of rotatable bonds is 8. The van der Waals surface area contributed by atoms with E-state index in [9.17, 15) is 9.59 Å². The molecule has 0 bridgehead atoms. The van der Waals surface area contributed by atoms with E-state index in [1.165, 1.54) is 23.0 Å². The van der Waals surface area contributed by atoms with Gasteiger partial charge in [0, 0.05) is 10.0 Å². The molecule has 2 aromatic carbocycles. The van der Waals surface area contributed by atoms with Crippen molar-refractivity contribution >= 4 is 61.9 Å². The molecule has 3 aromatic rings. The summed E-state index contributed by atoms with van der Waals surface area (Å²) in [4.78, 5) is 32.5. The van der Waals surface area contributed by atoms with Gasteiger partial charge in [0.15, 0.2) is 16.3 Å². The zero-order chi connectivity index (χ0) is 29.1. The Balaban J connectivity index is 1.96. The molecule has 40 heavy (non-hydrogen) atoms. The van der Waals surface area contributed by atoms with E-state index in [-0.39, 0.29) is 23.8 Å². The highest BCUT2D eigenvalue weighted by Crippen LogP contribution is 2.38. The van der Waals surface area contributed by atoms with E-state index < -0.39 is 12.0 Å². The van der Waals surface area contributed by atoms with E-state index in [1.807, 2.05) is 18.2 Å². The fourth-order valence-corrected chi connectivity index (χ4v) is 6.51. The van der Waals surface area contributed by atoms with Crippen LogP contribution < -0.4 is 29.1 Å². The van der Waals surface area contributed by atoms with Crippen LogP contribution in [0.3, 0.4) is 0 Å². The van der Waals surface area contributed by atoms with Crippen LogP contribution in [0.4, 0.5) is 0 Å². The van der Waals surface area contributed by atoms with Gasteiger partial charge in [0.25, 0.3) is 5.56 Å². The lowest BCUT2D eigenvalue weighted by Gasteiger charge is -2.26. The number of methoxy groups -OCH3 is 2. The topological polar surface area (TPSA) is 88.4 Å². The molecule has 4 rings (SSSR count). The number of nitrogens with zero attached hydrogens (tertiary/aromatic N) is 2. The van der Waals surface area contributed by atoms with Crippen molar-refractivity contribution in [3.05, 3.63) is 80.5 Å². The van der Waals surface area contributed by atoms with Crippen molar-refractivity contribution in [2.24, 2.45) is 4.99 Å². The lowest BCUT2D eigenvalue weighted by molar-refractivity contribution is -0.143. The normalized spacial score (nSPS) is 14.9. The molecule has 0 amide bonds. The van der Waals surface area contributed by atoms with Crippen molar-refractivity contribution < 1.29 is 23.7 Å². The number of aromatic nitrogens is 1. The zero-order valence-corrected chi connectivity index (χ0v) is 27.0. The van der Waals surface area contributed by atoms with Gasteiger partial charge in [-0.05, 0) is 85.3 Å². The first-order valence-electron chi connectivity index (χ1n) is 12.1. The number of benzene rings is 2. The summed E-state index contributed by atoms with van der Waals surface area (Å²) in [6.45, 7) is 5.39. The van der Waals surface area contributed by atoms with Crippen molar-refractivity contribution in [1.82, 2.24) is 4.57 Å². The third kappa shape index (κ3) is 5.99. The van der Waals surface area contributed by atoms with Crippen LogP contribution in [0, 0.1) is 15.9 Å². The molecule has 1 atom stereocenters. The van der Waals surface area contributed by atoms with E-state index in [2.05, 4.69) is 49.4 Å². The van der Waals surface area contributed by atoms with Crippen molar-refractivity contribution in [3.63, 3.8) is 0 Å². The number of thiazole rings is 1. The van der Waals surface area contributed by atoms with Gasteiger partial charge in [-0.3, -0.25) is 9.36 Å². The maximum absolute atomic E-state index is 14.0. The molecule has 1 aliphatic heterocycles. The second-order valence-corrected chi connectivity index (χ2v) is 12.0. The van der Waals surface area contributed by atoms with E-state index >= 15 is 0 Å². The molecule has 0 spiro atoms. The molecule has 1 aliphatic rings. The van der Waals surface area contributed by atoms with Crippen molar-refractivity contribution in [3.8, 4) is 29.6 Å². The summed E-state index contributed by atoms with van der Waals surface area (Å²) in [6.07, 6.45) is 6.75. The Hall–Kier alpha value is -3.08. The molecule has 0 aliphatic carbocycles. The van der Waals surface area contributed by atoms with E-state index in [4.69, 9.17) is 25.4 Å². The quantitative estimate of drug-likeness (QED) is 0.191. The minimum Gasteiger partial charge on any atom is -0.496 e. The predicted molar refractivity (Wildman–Crippen MR) is 166 cm³/mol. The molecule has 8 nitrogen and oxygen atoms in total. The minimum absolute atomic E-state index is 0.101. The Kier molecular flexibility index (Phi) is 9.43. The summed E-state index contributed by atoms with van der Waals surface area (Å²) in [5.74, 6) is 3.45. The van der Waals surface area contributed by atoms with Crippen LogP contribution >= 0.6 is 49.9 Å². The SMILES string of the molecule is C#CCOc1c(I)cc(/C=c2\sc3n(c2=O)[C@H](c2cc(Br)ccc2OC)C(C(=O)OC(C)C)=C(C)N=3)cc1OC. The van der Waals surface area contributed by atoms with Crippen molar-refractivity contribution in [2.75, 3.05) is 20.8 Å². The number of fused-ring (bicyclic) bond motifs is 1. The molecular formula is C29H26BrIN2O6S. The van der Waals surface area contributed by atoms with Gasteiger partial charge in [0.1, 0.15) is 18.4 Å². The Bertz CT molecular complexity index is 1730. The van der Waals surface area contributed by atoms with Crippen LogP contribution in [0.2, 0.25) is 0 Å². The third-order valence-corrected chi connectivity index (χ3v) is 8.20. The van der Waals surface area contributed by atoms with Crippen LogP contribution in [0.15, 0.2) is 55.9 Å². The van der Waals surface area contributed by atoms with Gasteiger partial charge in [-0.25, -0.2) is 9.79 Å². The first kappa shape index (κ1) is 29.9. The highest BCUT2D eigenvalue weighted by molar-refractivity contribution is 14.1. The number of hydrogen-bond acceptors (Lipinski definition) is 8. The van der Waals surface area contributed by atoms with Gasteiger partial charge >= 0.3 is 5.97 Å². The van der Waals surface area contributed by atoms with E-state index in [1.54, 1.807) is 46.1 Å². The average Bonchev–Trinajstić information content (AvgIpc) is 3.20. The number of ether oxygens (including phenoxy) is 4. The van der Waals surface area contributed by atoms with Gasteiger partial charge < -0.3 is 18.9 Å². The van der Waals surface area contributed by atoms with Gasteiger partial charge in [0.2, 0.25) is 0 Å². The first-order chi connectivity index (χ1) is 19.1. The monoisotopic (exact) mass is 736 g/mol. The van der Waals surface area contributed by atoms with Crippen molar-refractivity contribution in [1.29, 1.82) is 0 Å². The Morgan fingerprint density at radius 3 is 2.62 bits per heavy atom. The molecule has 208 valence electrons. The molecule has 0 saturated carbocycles. The molecule has 1 aromatic heterocycles. The number of hydrogen-bond donors (Lipinski definition) is 0. The zero-order valence-electron chi connectivity index (χ0n) is 22.4. The van der Waals surface area contributed by atoms with E-state index in [0.29, 0.717) is 37.8 Å². The largest absolute Gasteiger partial charge is 0.496 e.